The van der Waals surface area contributed by atoms with E-state index in [0.717, 1.165) is 18.9 Å². The smallest absolute Gasteiger partial charge is 0.523 e. The Hall–Kier alpha value is -3.53. The lowest BCUT2D eigenvalue weighted by molar-refractivity contribution is -0.523. The first-order valence-corrected chi connectivity index (χ1v) is 12.7. The van der Waals surface area contributed by atoms with E-state index in [4.69, 9.17) is 14.2 Å². The molecule has 0 radical (unpaired) electrons. The minimum Gasteiger partial charge on any atom is -0.829 e. The molecule has 1 amide bonds. The van der Waals surface area contributed by atoms with Gasteiger partial charge in [-0.25, -0.2) is 9.59 Å². The van der Waals surface area contributed by atoms with Gasteiger partial charge in [0, 0.05) is 20.3 Å². The van der Waals surface area contributed by atoms with E-state index < -0.39 is 70.7 Å². The maximum atomic E-state index is 13.3. The third-order valence-corrected chi connectivity index (χ3v) is 6.76. The maximum absolute atomic E-state index is 13.3. The van der Waals surface area contributed by atoms with E-state index in [1.54, 1.807) is 12.1 Å². The molecule has 2 aromatic rings. The molecule has 0 unspecified atom stereocenters. The van der Waals surface area contributed by atoms with Crippen LogP contribution in [0.5, 0.6) is 0 Å². The summed E-state index contributed by atoms with van der Waals surface area (Å²) in [7, 11) is -5.28. The van der Waals surface area contributed by atoms with Gasteiger partial charge in [0.15, 0.2) is 6.10 Å². The first kappa shape index (κ1) is 30.0. The highest BCUT2D eigenvalue weighted by Crippen LogP contribution is 2.33. The molecule has 39 heavy (non-hydrogen) atoms. The van der Waals surface area contributed by atoms with E-state index in [9.17, 15) is 41.1 Å². The summed E-state index contributed by atoms with van der Waals surface area (Å²) in [6.07, 6.45) is -8.69. The Kier molecular flexibility index (Phi) is 9.32. The molecule has 0 N–H and O–H groups in total. The van der Waals surface area contributed by atoms with Crippen molar-refractivity contribution in [2.75, 3.05) is 13.7 Å². The van der Waals surface area contributed by atoms with Gasteiger partial charge in [0.05, 0.1) is 17.2 Å². The summed E-state index contributed by atoms with van der Waals surface area (Å²) in [4.78, 5) is 38.0. The van der Waals surface area contributed by atoms with E-state index in [-0.39, 0.29) is 11.1 Å². The van der Waals surface area contributed by atoms with Gasteiger partial charge in [-0.1, -0.05) is 36.4 Å². The number of esters is 2. The number of carbonyl (C=O) groups is 3. The zero-order valence-electron chi connectivity index (χ0n) is 20.4. The zero-order chi connectivity index (χ0) is 29.0. The molecule has 2 aromatic carbocycles. The summed E-state index contributed by atoms with van der Waals surface area (Å²) in [5.41, 5.74) is -5.98. The average Bonchev–Trinajstić information content (AvgIpc) is 2.88. The van der Waals surface area contributed by atoms with Gasteiger partial charge in [0.2, 0.25) is 5.91 Å². The Balaban J connectivity index is 2.02. The molecule has 0 saturated carbocycles. The molecule has 1 aliphatic rings. The van der Waals surface area contributed by atoms with E-state index in [1.165, 1.54) is 48.5 Å². The summed E-state index contributed by atoms with van der Waals surface area (Å²) < 4.78 is 83.9. The van der Waals surface area contributed by atoms with Crippen LogP contribution in [0.2, 0.25) is 0 Å². The number of benzene rings is 2. The van der Waals surface area contributed by atoms with Crippen molar-refractivity contribution in [1.29, 1.82) is 0 Å². The van der Waals surface area contributed by atoms with E-state index in [2.05, 4.69) is 4.18 Å². The van der Waals surface area contributed by atoms with Crippen LogP contribution >= 0.6 is 0 Å². The third-order valence-electron chi connectivity index (χ3n) is 5.72. The lowest BCUT2D eigenvalue weighted by atomic mass is 9.95. The number of ether oxygens (including phenoxy) is 3. The van der Waals surface area contributed by atoms with Crippen molar-refractivity contribution in [3.63, 3.8) is 0 Å². The lowest BCUT2D eigenvalue weighted by Gasteiger charge is -2.50. The van der Waals surface area contributed by atoms with Gasteiger partial charge >= 0.3 is 27.6 Å². The molecule has 0 aromatic heterocycles. The molecule has 0 aliphatic carbocycles. The number of carbonyl (C=O) groups excluding carboxylic acids is 3. The normalized spacial score (nSPS) is 23.5. The van der Waals surface area contributed by atoms with Crippen LogP contribution in [-0.4, -0.2) is 81.0 Å². The van der Waals surface area contributed by atoms with Gasteiger partial charge in [0.25, 0.3) is 0 Å². The Morgan fingerprint density at radius 2 is 1.46 bits per heavy atom. The molecule has 1 saturated heterocycles. The molecule has 15 heteroatoms. The number of hydrogen-bond acceptors (Lipinski definition) is 10. The summed E-state index contributed by atoms with van der Waals surface area (Å²) in [5.74, 6) is -2.91. The second-order valence-electron chi connectivity index (χ2n) is 8.32. The van der Waals surface area contributed by atoms with Crippen molar-refractivity contribution in [2.45, 2.75) is 43.1 Å². The van der Waals surface area contributed by atoms with Gasteiger partial charge in [0.1, 0.15) is 18.8 Å². The highest BCUT2D eigenvalue weighted by atomic mass is 32.2. The van der Waals surface area contributed by atoms with Crippen molar-refractivity contribution < 1.29 is 59.5 Å². The Bertz CT molecular complexity index is 1270. The topological polar surface area (TPSA) is 149 Å². The molecule has 1 aliphatic heterocycles. The molecule has 3 rings (SSSR count). The Morgan fingerprint density at radius 3 is 1.95 bits per heavy atom. The molecule has 212 valence electrons. The number of hydrogen-bond donors (Lipinski definition) is 0. The van der Waals surface area contributed by atoms with Gasteiger partial charge in [-0.05, 0) is 24.3 Å². The van der Waals surface area contributed by atoms with Gasteiger partial charge in [-0.15, -0.1) is 0 Å². The SMILES string of the molecule is CC(=O)N(C)[C@@H]1[C@@H](OC(=O)c2ccccc2)[C@@H](OS(=O)(=O)C(F)(F)F)[C@@H](COC(=O)c2ccccc2)O[C@@H]1[O-]. The molecule has 1 fully saturated rings. The molecule has 5 atom stereocenters. The highest BCUT2D eigenvalue weighted by molar-refractivity contribution is 7.87. The Labute approximate surface area is 221 Å². The van der Waals surface area contributed by atoms with Crippen LogP contribution in [0.4, 0.5) is 13.2 Å². The van der Waals surface area contributed by atoms with Crippen LogP contribution in [0.25, 0.3) is 0 Å². The second kappa shape index (κ2) is 12.1. The van der Waals surface area contributed by atoms with Crippen molar-refractivity contribution in [3.05, 3.63) is 71.8 Å². The number of alkyl halides is 3. The monoisotopic (exact) mass is 574 g/mol. The van der Waals surface area contributed by atoms with Crippen LogP contribution in [0.1, 0.15) is 27.6 Å². The van der Waals surface area contributed by atoms with E-state index in [0.29, 0.717) is 0 Å². The van der Waals surface area contributed by atoms with Gasteiger partial charge in [-0.2, -0.15) is 21.6 Å². The van der Waals surface area contributed by atoms with E-state index in [1.807, 2.05) is 0 Å². The highest BCUT2D eigenvalue weighted by Gasteiger charge is 2.55. The molecular formula is C24H23F3NO10S-. The zero-order valence-corrected chi connectivity index (χ0v) is 21.3. The third kappa shape index (κ3) is 7.11. The molecular weight excluding hydrogens is 551 g/mol. The van der Waals surface area contributed by atoms with Crippen LogP contribution in [0.3, 0.4) is 0 Å². The molecule has 0 spiro atoms. The van der Waals surface area contributed by atoms with Gasteiger partial charge in [-0.3, -0.25) is 8.98 Å². The number of rotatable bonds is 8. The Morgan fingerprint density at radius 1 is 0.949 bits per heavy atom. The van der Waals surface area contributed by atoms with Crippen molar-refractivity contribution >= 4 is 28.0 Å². The van der Waals surface area contributed by atoms with Crippen molar-refractivity contribution in [2.24, 2.45) is 0 Å². The first-order chi connectivity index (χ1) is 18.2. The minimum atomic E-state index is -6.36. The number of likely N-dealkylation sites (N-methyl/N-ethyl adjacent to an activating group) is 1. The van der Waals surface area contributed by atoms with Crippen LogP contribution < -0.4 is 5.11 Å². The van der Waals surface area contributed by atoms with Crippen LogP contribution in [0.15, 0.2) is 60.7 Å². The largest absolute Gasteiger partial charge is 0.829 e. The average molecular weight is 575 g/mol. The van der Waals surface area contributed by atoms with Gasteiger partial charge < -0.3 is 24.2 Å². The maximum Gasteiger partial charge on any atom is 0.523 e. The summed E-state index contributed by atoms with van der Waals surface area (Å²) in [6, 6.07) is 12.6. The van der Waals surface area contributed by atoms with Crippen molar-refractivity contribution in [3.8, 4) is 0 Å². The van der Waals surface area contributed by atoms with Crippen LogP contribution in [0, 0.1) is 0 Å². The lowest BCUT2D eigenvalue weighted by Crippen LogP contribution is -2.69. The predicted molar refractivity (Wildman–Crippen MR) is 123 cm³/mol. The van der Waals surface area contributed by atoms with Crippen molar-refractivity contribution in [1.82, 2.24) is 4.90 Å². The summed E-state index contributed by atoms with van der Waals surface area (Å²) >= 11 is 0. The fourth-order valence-electron chi connectivity index (χ4n) is 3.67. The summed E-state index contributed by atoms with van der Waals surface area (Å²) in [5, 5.41) is 13.0. The standard InChI is InChI=1S/C24H23F3NO10S/c1-14(29)28(2)18-20(37-22(31)16-11-7-4-8-12-16)19(38-39(33,34)24(25,26)27)17(36-23(18)32)13-35-21(30)15-9-5-3-6-10-15/h3-12,17-20,23H,13H2,1-2H3/q-1/t17-,18-,19+,20-,23+/m1/s1. The fourth-order valence-corrected chi connectivity index (χ4v) is 4.31. The first-order valence-electron chi connectivity index (χ1n) is 11.3. The number of amides is 1. The molecule has 11 nitrogen and oxygen atoms in total. The number of halogens is 3. The quantitative estimate of drug-likeness (QED) is 0.256. The van der Waals surface area contributed by atoms with Crippen LogP contribution in [-0.2, 0) is 33.3 Å². The molecule has 0 bridgehead atoms. The number of nitrogens with zero attached hydrogens (tertiary/aromatic N) is 1. The second-order valence-corrected chi connectivity index (χ2v) is 9.89. The molecule has 1 heterocycles. The minimum absolute atomic E-state index is 0.0357. The summed E-state index contributed by atoms with van der Waals surface area (Å²) in [6.45, 7) is 0.0548. The van der Waals surface area contributed by atoms with E-state index >= 15 is 0 Å². The fraction of sp³-hybridized carbons (Fsp3) is 0.375. The predicted octanol–water partition coefficient (Wildman–Crippen LogP) is 1.24.